The van der Waals surface area contributed by atoms with Gasteiger partial charge >= 0.3 is 5.97 Å². The average molecular weight is 303 g/mol. The van der Waals surface area contributed by atoms with Gasteiger partial charge in [0.15, 0.2) is 5.65 Å². The summed E-state index contributed by atoms with van der Waals surface area (Å²) < 4.78 is 6.45. The highest BCUT2D eigenvalue weighted by Crippen LogP contribution is 2.24. The first kappa shape index (κ1) is 14.8. The lowest BCUT2D eigenvalue weighted by Gasteiger charge is -2.09. The number of hydrogen-bond donors (Lipinski definition) is 2. The first-order chi connectivity index (χ1) is 10.7. The van der Waals surface area contributed by atoms with E-state index in [0.717, 1.165) is 35.8 Å². The molecule has 1 saturated heterocycles. The van der Waals surface area contributed by atoms with Crippen LogP contribution in [0.25, 0.3) is 5.65 Å². The van der Waals surface area contributed by atoms with E-state index in [1.54, 1.807) is 4.52 Å². The second-order valence-electron chi connectivity index (χ2n) is 5.52. The van der Waals surface area contributed by atoms with Gasteiger partial charge in [-0.15, -0.1) is 0 Å². The molecule has 118 valence electrons. The standard InChI is InChI=1S/C15H21N5O2/c1-10-8-13(17-7-5-15(21)22-2)20-14(18-10)9-12(19-20)11-4-3-6-16-11/h8-9,11,16-17H,3-7H2,1-2H3. The first-order valence-electron chi connectivity index (χ1n) is 7.59. The smallest absolute Gasteiger partial charge is 0.307 e. The van der Waals surface area contributed by atoms with Crippen molar-refractivity contribution < 1.29 is 9.53 Å². The van der Waals surface area contributed by atoms with Crippen LogP contribution in [0, 0.1) is 6.92 Å². The molecule has 0 amide bonds. The maximum Gasteiger partial charge on any atom is 0.307 e. The molecule has 0 radical (unpaired) electrons. The van der Waals surface area contributed by atoms with E-state index in [9.17, 15) is 4.79 Å². The molecule has 22 heavy (non-hydrogen) atoms. The molecule has 7 heteroatoms. The molecule has 1 aliphatic heterocycles. The van der Waals surface area contributed by atoms with Crippen molar-refractivity contribution in [1.29, 1.82) is 0 Å². The number of hydrogen-bond acceptors (Lipinski definition) is 6. The summed E-state index contributed by atoms with van der Waals surface area (Å²) in [5, 5.41) is 11.4. The Morgan fingerprint density at radius 3 is 3.14 bits per heavy atom. The van der Waals surface area contributed by atoms with Gasteiger partial charge in [0, 0.05) is 24.4 Å². The van der Waals surface area contributed by atoms with Gasteiger partial charge < -0.3 is 15.4 Å². The molecule has 1 fully saturated rings. The van der Waals surface area contributed by atoms with E-state index in [4.69, 9.17) is 0 Å². The van der Waals surface area contributed by atoms with Crippen molar-refractivity contribution in [2.45, 2.75) is 32.2 Å². The van der Waals surface area contributed by atoms with Gasteiger partial charge in [-0.3, -0.25) is 4.79 Å². The number of carbonyl (C=O) groups is 1. The minimum atomic E-state index is -0.231. The fraction of sp³-hybridized carbons (Fsp3) is 0.533. The molecule has 1 atom stereocenters. The van der Waals surface area contributed by atoms with Crippen LogP contribution in [0.1, 0.15) is 36.7 Å². The number of rotatable bonds is 5. The van der Waals surface area contributed by atoms with Gasteiger partial charge in [0.25, 0.3) is 0 Å². The number of ether oxygens (including phenoxy) is 1. The Labute approximate surface area is 129 Å². The van der Waals surface area contributed by atoms with Crippen molar-refractivity contribution in [2.75, 3.05) is 25.5 Å². The van der Waals surface area contributed by atoms with Crippen molar-refractivity contribution >= 4 is 17.4 Å². The Balaban J connectivity index is 1.83. The van der Waals surface area contributed by atoms with E-state index in [2.05, 4.69) is 25.5 Å². The number of methoxy groups -OCH3 is 1. The predicted octanol–water partition coefficient (Wildman–Crippen LogP) is 1.44. The van der Waals surface area contributed by atoms with Gasteiger partial charge in [-0.1, -0.05) is 0 Å². The summed E-state index contributed by atoms with van der Waals surface area (Å²) in [7, 11) is 1.39. The molecule has 0 aromatic carbocycles. The zero-order chi connectivity index (χ0) is 15.5. The summed E-state index contributed by atoms with van der Waals surface area (Å²) in [6.07, 6.45) is 2.60. The molecule has 0 saturated carbocycles. The van der Waals surface area contributed by atoms with Gasteiger partial charge in [0.05, 0.1) is 25.3 Å². The lowest BCUT2D eigenvalue weighted by molar-refractivity contribution is -0.140. The minimum Gasteiger partial charge on any atom is -0.469 e. The lowest BCUT2D eigenvalue weighted by atomic mass is 10.2. The predicted molar refractivity (Wildman–Crippen MR) is 82.8 cm³/mol. The van der Waals surface area contributed by atoms with Gasteiger partial charge in [-0.2, -0.15) is 9.61 Å². The van der Waals surface area contributed by atoms with Crippen LogP contribution >= 0.6 is 0 Å². The normalized spacial score (nSPS) is 17.8. The third-order valence-electron chi connectivity index (χ3n) is 3.85. The topological polar surface area (TPSA) is 80.5 Å². The average Bonchev–Trinajstić information content (AvgIpc) is 3.15. The first-order valence-corrected chi connectivity index (χ1v) is 7.59. The molecule has 0 aliphatic carbocycles. The third kappa shape index (κ3) is 3.04. The Bertz CT molecular complexity index is 676. The number of aryl methyl sites for hydroxylation is 1. The van der Waals surface area contributed by atoms with E-state index in [1.165, 1.54) is 13.5 Å². The summed E-state index contributed by atoms with van der Waals surface area (Å²) in [5.74, 6) is 0.612. The molecule has 2 aromatic heterocycles. The van der Waals surface area contributed by atoms with Crippen molar-refractivity contribution in [3.05, 3.63) is 23.5 Å². The molecule has 7 nitrogen and oxygen atoms in total. The Morgan fingerprint density at radius 2 is 2.41 bits per heavy atom. The molecular weight excluding hydrogens is 282 g/mol. The minimum absolute atomic E-state index is 0.231. The molecule has 1 aliphatic rings. The Morgan fingerprint density at radius 1 is 1.55 bits per heavy atom. The van der Waals surface area contributed by atoms with Gasteiger partial charge in [0.2, 0.25) is 0 Å². The Kier molecular flexibility index (Phi) is 4.24. The molecule has 0 bridgehead atoms. The van der Waals surface area contributed by atoms with Crippen LogP contribution in [0.2, 0.25) is 0 Å². The zero-order valence-electron chi connectivity index (χ0n) is 12.9. The van der Waals surface area contributed by atoms with Crippen molar-refractivity contribution in [3.63, 3.8) is 0 Å². The van der Waals surface area contributed by atoms with E-state index < -0.39 is 0 Å². The Hall–Kier alpha value is -2.15. The second kappa shape index (κ2) is 6.31. The number of esters is 1. The quantitative estimate of drug-likeness (QED) is 0.814. The van der Waals surface area contributed by atoms with Gasteiger partial charge in [-0.05, 0) is 26.3 Å². The van der Waals surface area contributed by atoms with Crippen LogP contribution in [0.5, 0.6) is 0 Å². The highest BCUT2D eigenvalue weighted by atomic mass is 16.5. The summed E-state index contributed by atoms with van der Waals surface area (Å²) >= 11 is 0. The summed E-state index contributed by atoms with van der Waals surface area (Å²) in [4.78, 5) is 15.7. The number of fused-ring (bicyclic) bond motifs is 1. The fourth-order valence-corrected chi connectivity index (χ4v) is 2.75. The van der Waals surface area contributed by atoms with Crippen molar-refractivity contribution in [2.24, 2.45) is 0 Å². The highest BCUT2D eigenvalue weighted by Gasteiger charge is 2.20. The van der Waals surface area contributed by atoms with Crippen molar-refractivity contribution in [3.8, 4) is 0 Å². The van der Waals surface area contributed by atoms with Crippen LogP contribution in [0.15, 0.2) is 12.1 Å². The lowest BCUT2D eigenvalue weighted by Crippen LogP contribution is -2.14. The second-order valence-corrected chi connectivity index (χ2v) is 5.52. The van der Waals surface area contributed by atoms with Crippen LogP contribution in [-0.4, -0.2) is 40.8 Å². The number of nitrogens with zero attached hydrogens (tertiary/aromatic N) is 3. The SMILES string of the molecule is COC(=O)CCNc1cc(C)nc2cc(C3CCCN3)nn12. The van der Waals surface area contributed by atoms with Crippen molar-refractivity contribution in [1.82, 2.24) is 19.9 Å². The molecular formula is C15H21N5O2. The maximum absolute atomic E-state index is 11.2. The van der Waals surface area contributed by atoms with Crippen LogP contribution in [-0.2, 0) is 9.53 Å². The van der Waals surface area contributed by atoms with Crippen LogP contribution in [0.4, 0.5) is 5.82 Å². The van der Waals surface area contributed by atoms with Gasteiger partial charge in [0.1, 0.15) is 5.82 Å². The molecule has 2 aromatic rings. The summed E-state index contributed by atoms with van der Waals surface area (Å²) in [6.45, 7) is 3.49. The van der Waals surface area contributed by atoms with Crippen LogP contribution < -0.4 is 10.6 Å². The monoisotopic (exact) mass is 303 g/mol. The largest absolute Gasteiger partial charge is 0.469 e. The highest BCUT2D eigenvalue weighted by molar-refractivity contribution is 5.69. The number of anilines is 1. The van der Waals surface area contributed by atoms with E-state index >= 15 is 0 Å². The molecule has 3 rings (SSSR count). The molecule has 0 spiro atoms. The summed E-state index contributed by atoms with van der Waals surface area (Å²) in [6, 6.07) is 4.27. The third-order valence-corrected chi connectivity index (χ3v) is 3.85. The molecule has 2 N–H and O–H groups in total. The van der Waals surface area contributed by atoms with E-state index in [1.807, 2.05) is 19.1 Å². The van der Waals surface area contributed by atoms with E-state index in [-0.39, 0.29) is 5.97 Å². The molecule has 1 unspecified atom stereocenters. The molecule has 3 heterocycles. The number of nitrogens with one attached hydrogen (secondary N) is 2. The number of carbonyl (C=O) groups excluding carboxylic acids is 1. The number of aromatic nitrogens is 3. The zero-order valence-corrected chi connectivity index (χ0v) is 12.9. The fourth-order valence-electron chi connectivity index (χ4n) is 2.75. The van der Waals surface area contributed by atoms with E-state index in [0.29, 0.717) is 19.0 Å². The maximum atomic E-state index is 11.2. The van der Waals surface area contributed by atoms with Crippen LogP contribution in [0.3, 0.4) is 0 Å². The summed E-state index contributed by atoms with van der Waals surface area (Å²) in [5.41, 5.74) is 2.76. The van der Waals surface area contributed by atoms with Gasteiger partial charge in [-0.25, -0.2) is 4.98 Å².